The molecule has 1 aliphatic heterocycles. The summed E-state index contributed by atoms with van der Waals surface area (Å²) in [6.07, 6.45) is 3.52. The highest BCUT2D eigenvalue weighted by atomic mass is 16.5. The molecule has 1 aliphatic rings. The summed E-state index contributed by atoms with van der Waals surface area (Å²) < 4.78 is 10.9. The number of rotatable bonds is 3. The third kappa shape index (κ3) is 3.01. The summed E-state index contributed by atoms with van der Waals surface area (Å²) in [6.45, 7) is 4.62. The zero-order chi connectivity index (χ0) is 20.0. The molecule has 1 unspecified atom stereocenters. The van der Waals surface area contributed by atoms with Crippen molar-refractivity contribution in [3.63, 3.8) is 0 Å². The van der Waals surface area contributed by atoms with Crippen LogP contribution in [0, 0.1) is 13.8 Å². The summed E-state index contributed by atoms with van der Waals surface area (Å²) in [5.41, 5.74) is 4.51. The number of carbonyl (C=O) groups is 1. The van der Waals surface area contributed by atoms with Gasteiger partial charge in [0.25, 0.3) is 11.6 Å². The zero-order valence-electron chi connectivity index (χ0n) is 16.4. The van der Waals surface area contributed by atoms with E-state index in [1.165, 1.54) is 11.1 Å². The van der Waals surface area contributed by atoms with Crippen LogP contribution in [0.4, 0.5) is 0 Å². The second-order valence-electron chi connectivity index (χ2n) is 7.55. The molecule has 1 aromatic carbocycles. The highest BCUT2D eigenvalue weighted by Gasteiger charge is 2.32. The Bertz CT molecular complexity index is 1180. The first kappa shape index (κ1) is 17.7. The van der Waals surface area contributed by atoms with Crippen LogP contribution in [0.5, 0.6) is 0 Å². The topological polar surface area (TPSA) is 72.4 Å². The van der Waals surface area contributed by atoms with Crippen molar-refractivity contribution < 1.29 is 13.7 Å². The smallest absolute Gasteiger partial charge is 0.259 e. The fourth-order valence-corrected chi connectivity index (χ4v) is 4.11. The predicted octanol–water partition coefficient (Wildman–Crippen LogP) is 5.08. The quantitative estimate of drug-likeness (QED) is 0.490. The number of likely N-dealkylation sites (tertiary alicyclic amines) is 1. The second kappa shape index (κ2) is 6.88. The van der Waals surface area contributed by atoms with Gasteiger partial charge in [-0.15, -0.1) is 0 Å². The van der Waals surface area contributed by atoms with Gasteiger partial charge in [0.15, 0.2) is 5.76 Å². The van der Waals surface area contributed by atoms with Crippen molar-refractivity contribution >= 4 is 17.0 Å². The Morgan fingerprint density at radius 2 is 2.00 bits per heavy atom. The molecule has 0 spiro atoms. The van der Waals surface area contributed by atoms with Gasteiger partial charge in [0.05, 0.1) is 28.9 Å². The van der Waals surface area contributed by atoms with E-state index in [4.69, 9.17) is 8.94 Å². The molecule has 0 N–H and O–H groups in total. The van der Waals surface area contributed by atoms with E-state index in [2.05, 4.69) is 41.3 Å². The van der Waals surface area contributed by atoms with Crippen molar-refractivity contribution in [1.29, 1.82) is 0 Å². The van der Waals surface area contributed by atoms with E-state index < -0.39 is 0 Å². The number of carbonyl (C=O) groups excluding carboxylic acids is 1. The second-order valence-corrected chi connectivity index (χ2v) is 7.55. The molecule has 1 saturated heterocycles. The molecular formula is C23H21N3O3. The van der Waals surface area contributed by atoms with Crippen LogP contribution in [0.25, 0.3) is 22.6 Å². The van der Waals surface area contributed by atoms with Crippen molar-refractivity contribution in [3.8, 4) is 11.5 Å². The summed E-state index contributed by atoms with van der Waals surface area (Å²) >= 11 is 0. The van der Waals surface area contributed by atoms with Crippen molar-refractivity contribution in [3.05, 3.63) is 71.1 Å². The number of nitrogens with zero attached hydrogens (tertiary/aromatic N) is 3. The molecule has 29 heavy (non-hydrogen) atoms. The van der Waals surface area contributed by atoms with Gasteiger partial charge < -0.3 is 13.8 Å². The fourth-order valence-electron chi connectivity index (χ4n) is 4.11. The Kier molecular flexibility index (Phi) is 4.19. The molecule has 0 saturated carbocycles. The van der Waals surface area contributed by atoms with Gasteiger partial charge in [0.2, 0.25) is 0 Å². The lowest BCUT2D eigenvalue weighted by molar-refractivity contribution is 0.0737. The van der Waals surface area contributed by atoms with Crippen LogP contribution in [0.1, 0.15) is 46.1 Å². The van der Waals surface area contributed by atoms with E-state index in [1.54, 1.807) is 18.4 Å². The molecule has 1 amide bonds. The fraction of sp³-hybridized carbons (Fsp3) is 0.261. The Morgan fingerprint density at radius 3 is 2.76 bits per heavy atom. The summed E-state index contributed by atoms with van der Waals surface area (Å²) in [6, 6.07) is 13.9. The van der Waals surface area contributed by atoms with Gasteiger partial charge >= 0.3 is 0 Å². The molecule has 4 heterocycles. The van der Waals surface area contributed by atoms with Crippen molar-refractivity contribution in [2.24, 2.45) is 0 Å². The lowest BCUT2D eigenvalue weighted by Crippen LogP contribution is -2.30. The highest BCUT2D eigenvalue weighted by Crippen LogP contribution is 2.35. The van der Waals surface area contributed by atoms with Crippen LogP contribution in [-0.2, 0) is 0 Å². The Morgan fingerprint density at radius 1 is 1.17 bits per heavy atom. The number of aryl methyl sites for hydroxylation is 2. The number of fused-ring (bicyclic) bond motifs is 1. The summed E-state index contributed by atoms with van der Waals surface area (Å²) in [4.78, 5) is 20.1. The molecule has 6 heteroatoms. The maximum atomic E-state index is 13.7. The van der Waals surface area contributed by atoms with E-state index in [0.717, 1.165) is 19.4 Å². The Labute approximate surface area is 168 Å². The lowest BCUT2D eigenvalue weighted by atomic mass is 10.0. The monoisotopic (exact) mass is 387 g/mol. The number of pyridine rings is 1. The van der Waals surface area contributed by atoms with Gasteiger partial charge in [-0.25, -0.2) is 4.98 Å². The molecule has 146 valence electrons. The summed E-state index contributed by atoms with van der Waals surface area (Å²) in [7, 11) is 0. The van der Waals surface area contributed by atoms with Gasteiger partial charge in [0, 0.05) is 6.54 Å². The Balaban J connectivity index is 1.59. The highest BCUT2D eigenvalue weighted by molar-refractivity contribution is 6.07. The zero-order valence-corrected chi connectivity index (χ0v) is 16.4. The largest absolute Gasteiger partial charge is 0.463 e. The number of benzene rings is 1. The van der Waals surface area contributed by atoms with Gasteiger partial charge in [-0.1, -0.05) is 35.0 Å². The van der Waals surface area contributed by atoms with Crippen molar-refractivity contribution in [2.45, 2.75) is 32.7 Å². The number of furan rings is 1. The first-order chi connectivity index (χ1) is 14.1. The third-order valence-electron chi connectivity index (χ3n) is 5.60. The molecule has 0 radical (unpaired) electrons. The average Bonchev–Trinajstić information content (AvgIpc) is 3.49. The molecule has 4 aromatic rings. The van der Waals surface area contributed by atoms with Crippen molar-refractivity contribution in [1.82, 2.24) is 15.0 Å². The minimum atomic E-state index is -0.0282. The van der Waals surface area contributed by atoms with Crippen LogP contribution in [0.2, 0.25) is 0 Å². The van der Waals surface area contributed by atoms with Gasteiger partial charge in [0.1, 0.15) is 5.69 Å². The standard InChI is InChI=1S/C23H21N3O3/c1-14-7-9-16(10-8-14)19-5-3-11-26(19)23(27)17-13-18(20-6-4-12-28-20)24-22-21(17)15(2)25-29-22/h4,6-10,12-13,19H,3,5,11H2,1-2H3. The van der Waals surface area contributed by atoms with E-state index in [9.17, 15) is 4.79 Å². The first-order valence-corrected chi connectivity index (χ1v) is 9.80. The third-order valence-corrected chi connectivity index (χ3v) is 5.60. The minimum Gasteiger partial charge on any atom is -0.463 e. The van der Waals surface area contributed by atoms with Gasteiger partial charge in [-0.05, 0) is 50.5 Å². The molecule has 0 bridgehead atoms. The number of hydrogen-bond acceptors (Lipinski definition) is 5. The van der Waals surface area contributed by atoms with E-state index in [-0.39, 0.29) is 11.9 Å². The van der Waals surface area contributed by atoms with Crippen LogP contribution in [0.3, 0.4) is 0 Å². The Hall–Kier alpha value is -3.41. The maximum Gasteiger partial charge on any atom is 0.259 e. The molecule has 0 aliphatic carbocycles. The molecule has 1 atom stereocenters. The first-order valence-electron chi connectivity index (χ1n) is 9.80. The van der Waals surface area contributed by atoms with Crippen LogP contribution in [-0.4, -0.2) is 27.5 Å². The molecular weight excluding hydrogens is 366 g/mol. The van der Waals surface area contributed by atoms with E-state index in [0.29, 0.717) is 33.8 Å². The van der Waals surface area contributed by atoms with Crippen molar-refractivity contribution in [2.75, 3.05) is 6.54 Å². The number of aromatic nitrogens is 2. The van der Waals surface area contributed by atoms with Crippen LogP contribution in [0.15, 0.2) is 57.7 Å². The average molecular weight is 387 g/mol. The summed E-state index contributed by atoms with van der Waals surface area (Å²) in [5.74, 6) is 0.561. The molecule has 5 rings (SSSR count). The van der Waals surface area contributed by atoms with Gasteiger partial charge in [-0.3, -0.25) is 4.79 Å². The lowest BCUT2D eigenvalue weighted by Gasteiger charge is -2.25. The summed E-state index contributed by atoms with van der Waals surface area (Å²) in [5, 5.41) is 4.70. The molecule has 6 nitrogen and oxygen atoms in total. The van der Waals surface area contributed by atoms with Crippen LogP contribution >= 0.6 is 0 Å². The SMILES string of the molecule is Cc1ccc(C2CCCN2C(=O)c2cc(-c3ccco3)nc3onc(C)c23)cc1. The van der Waals surface area contributed by atoms with E-state index >= 15 is 0 Å². The minimum absolute atomic E-state index is 0.0282. The van der Waals surface area contributed by atoms with E-state index in [1.807, 2.05) is 17.9 Å². The normalized spacial score (nSPS) is 16.6. The van der Waals surface area contributed by atoms with Gasteiger partial charge in [-0.2, -0.15) is 0 Å². The number of amides is 1. The molecule has 3 aromatic heterocycles. The molecule has 1 fully saturated rings. The maximum absolute atomic E-state index is 13.7. The number of hydrogen-bond donors (Lipinski definition) is 0. The van der Waals surface area contributed by atoms with Crippen LogP contribution < -0.4 is 0 Å². The predicted molar refractivity (Wildman–Crippen MR) is 108 cm³/mol.